The molecule has 1 aliphatic heterocycles. The zero-order chi connectivity index (χ0) is 17.2. The minimum atomic E-state index is -3.38. The van der Waals surface area contributed by atoms with Crippen LogP contribution in [0.5, 0.6) is 0 Å². The smallest absolute Gasteiger partial charge is 0.216 e. The summed E-state index contributed by atoms with van der Waals surface area (Å²) in [6, 6.07) is 7.47. The summed E-state index contributed by atoms with van der Waals surface area (Å²) in [6.45, 7) is 2.50. The molecule has 7 heteroatoms. The van der Waals surface area contributed by atoms with Crippen LogP contribution in [0.2, 0.25) is 0 Å². The summed E-state index contributed by atoms with van der Waals surface area (Å²) in [4.78, 5) is 0. The summed E-state index contributed by atoms with van der Waals surface area (Å²) >= 11 is 0. The van der Waals surface area contributed by atoms with Crippen molar-refractivity contribution in [3.05, 3.63) is 53.3 Å². The average Bonchev–Trinajstić information content (AvgIpc) is 2.93. The van der Waals surface area contributed by atoms with Gasteiger partial charge in [0.1, 0.15) is 0 Å². The van der Waals surface area contributed by atoms with E-state index < -0.39 is 10.0 Å². The van der Waals surface area contributed by atoms with Gasteiger partial charge >= 0.3 is 0 Å². The molecule has 1 aromatic carbocycles. The Labute approximate surface area is 142 Å². The van der Waals surface area contributed by atoms with Crippen molar-refractivity contribution in [2.24, 2.45) is 7.05 Å². The molecule has 2 unspecified atom stereocenters. The SMILES string of the molecule is Cc1cccc(CS(=O)(=O)NC2CCOC(c3cnn(C)c3)C2)c1. The van der Waals surface area contributed by atoms with E-state index in [0.717, 1.165) is 16.7 Å². The van der Waals surface area contributed by atoms with Crippen LogP contribution in [0.15, 0.2) is 36.7 Å². The fraction of sp³-hybridized carbons (Fsp3) is 0.471. The number of aromatic nitrogens is 2. The molecule has 0 aliphatic carbocycles. The van der Waals surface area contributed by atoms with Crippen molar-refractivity contribution in [1.29, 1.82) is 0 Å². The maximum absolute atomic E-state index is 12.5. The summed E-state index contributed by atoms with van der Waals surface area (Å²) in [5, 5.41) is 4.15. The van der Waals surface area contributed by atoms with Crippen LogP contribution < -0.4 is 4.72 Å². The lowest BCUT2D eigenvalue weighted by Gasteiger charge is -2.29. The molecule has 3 rings (SSSR count). The molecule has 6 nitrogen and oxygen atoms in total. The number of rotatable bonds is 5. The van der Waals surface area contributed by atoms with Crippen molar-refractivity contribution in [2.45, 2.75) is 37.7 Å². The van der Waals surface area contributed by atoms with E-state index in [4.69, 9.17) is 4.74 Å². The molecule has 1 aromatic heterocycles. The molecule has 0 amide bonds. The van der Waals surface area contributed by atoms with Crippen LogP contribution in [0.4, 0.5) is 0 Å². The van der Waals surface area contributed by atoms with Gasteiger partial charge < -0.3 is 4.74 Å². The normalized spacial score (nSPS) is 21.8. The maximum Gasteiger partial charge on any atom is 0.216 e. The highest BCUT2D eigenvalue weighted by atomic mass is 32.2. The Morgan fingerprint density at radius 1 is 1.42 bits per heavy atom. The lowest BCUT2D eigenvalue weighted by Crippen LogP contribution is -2.40. The molecule has 1 aliphatic rings. The minimum Gasteiger partial charge on any atom is -0.373 e. The van der Waals surface area contributed by atoms with E-state index >= 15 is 0 Å². The van der Waals surface area contributed by atoms with Gasteiger partial charge in [-0.1, -0.05) is 29.8 Å². The van der Waals surface area contributed by atoms with Gasteiger partial charge in [0, 0.05) is 31.5 Å². The third kappa shape index (κ3) is 4.43. The number of nitrogens with zero attached hydrogens (tertiary/aromatic N) is 2. The van der Waals surface area contributed by atoms with E-state index in [9.17, 15) is 8.42 Å². The zero-order valence-electron chi connectivity index (χ0n) is 14.0. The van der Waals surface area contributed by atoms with Crippen molar-refractivity contribution in [1.82, 2.24) is 14.5 Å². The van der Waals surface area contributed by atoms with E-state index in [2.05, 4.69) is 9.82 Å². The second-order valence-electron chi connectivity index (χ2n) is 6.39. The highest BCUT2D eigenvalue weighted by molar-refractivity contribution is 7.88. The predicted octanol–water partition coefficient (Wildman–Crippen LogP) is 2.07. The fourth-order valence-corrected chi connectivity index (χ4v) is 4.48. The van der Waals surface area contributed by atoms with E-state index in [1.165, 1.54) is 0 Å². The van der Waals surface area contributed by atoms with Crippen LogP contribution in [0.25, 0.3) is 0 Å². The van der Waals surface area contributed by atoms with Crippen molar-refractivity contribution < 1.29 is 13.2 Å². The molecule has 1 N–H and O–H groups in total. The van der Waals surface area contributed by atoms with Crippen molar-refractivity contribution >= 4 is 10.0 Å². The third-order valence-corrected chi connectivity index (χ3v) is 5.57. The number of hydrogen-bond acceptors (Lipinski definition) is 4. The third-order valence-electron chi connectivity index (χ3n) is 4.17. The van der Waals surface area contributed by atoms with E-state index in [0.29, 0.717) is 19.4 Å². The van der Waals surface area contributed by atoms with Crippen LogP contribution in [-0.2, 0) is 27.6 Å². The quantitative estimate of drug-likeness (QED) is 0.897. The monoisotopic (exact) mass is 349 g/mol. The summed E-state index contributed by atoms with van der Waals surface area (Å²) in [5.74, 6) is 0.00357. The van der Waals surface area contributed by atoms with E-state index in [-0.39, 0.29) is 17.9 Å². The van der Waals surface area contributed by atoms with Crippen LogP contribution in [0.3, 0.4) is 0 Å². The number of nitrogens with one attached hydrogen (secondary N) is 1. The van der Waals surface area contributed by atoms with Gasteiger partial charge in [0.25, 0.3) is 0 Å². The highest BCUT2D eigenvalue weighted by Gasteiger charge is 2.28. The number of aryl methyl sites for hydroxylation is 2. The van der Waals surface area contributed by atoms with Gasteiger partial charge in [0.05, 0.1) is 18.1 Å². The molecule has 0 bridgehead atoms. The molecule has 2 aromatic rings. The number of benzene rings is 1. The molecule has 130 valence electrons. The Morgan fingerprint density at radius 3 is 2.96 bits per heavy atom. The highest BCUT2D eigenvalue weighted by Crippen LogP contribution is 2.28. The second-order valence-corrected chi connectivity index (χ2v) is 8.15. The van der Waals surface area contributed by atoms with Gasteiger partial charge in [-0.25, -0.2) is 13.1 Å². The van der Waals surface area contributed by atoms with Gasteiger partial charge in [-0.05, 0) is 25.3 Å². The Kier molecular flexibility index (Phi) is 5.03. The van der Waals surface area contributed by atoms with Crippen molar-refractivity contribution in [2.75, 3.05) is 6.61 Å². The summed E-state index contributed by atoms with van der Waals surface area (Å²) in [6.07, 6.45) is 4.88. The minimum absolute atomic E-state index is 0.00357. The number of sulfonamides is 1. The first kappa shape index (κ1) is 17.1. The Balaban J connectivity index is 1.64. The average molecular weight is 349 g/mol. The predicted molar refractivity (Wildman–Crippen MR) is 91.9 cm³/mol. The lowest BCUT2D eigenvalue weighted by atomic mass is 10.0. The van der Waals surface area contributed by atoms with Crippen molar-refractivity contribution in [3.8, 4) is 0 Å². The first-order chi connectivity index (χ1) is 11.4. The van der Waals surface area contributed by atoms with Crippen LogP contribution in [0.1, 0.15) is 35.6 Å². The molecule has 24 heavy (non-hydrogen) atoms. The Bertz CT molecular complexity index is 801. The van der Waals surface area contributed by atoms with E-state index in [1.807, 2.05) is 44.4 Å². The van der Waals surface area contributed by atoms with E-state index in [1.54, 1.807) is 10.9 Å². The summed E-state index contributed by atoms with van der Waals surface area (Å²) in [7, 11) is -1.52. The van der Waals surface area contributed by atoms with Gasteiger partial charge in [-0.3, -0.25) is 4.68 Å². The molecular weight excluding hydrogens is 326 g/mol. The van der Waals surface area contributed by atoms with Crippen LogP contribution >= 0.6 is 0 Å². The molecule has 0 spiro atoms. The summed E-state index contributed by atoms with van der Waals surface area (Å²) in [5.41, 5.74) is 2.85. The Hall–Kier alpha value is -1.70. The van der Waals surface area contributed by atoms with Gasteiger partial charge in [-0.15, -0.1) is 0 Å². The topological polar surface area (TPSA) is 73.2 Å². The van der Waals surface area contributed by atoms with Gasteiger partial charge in [-0.2, -0.15) is 5.10 Å². The zero-order valence-corrected chi connectivity index (χ0v) is 14.8. The van der Waals surface area contributed by atoms with Gasteiger partial charge in [0.2, 0.25) is 10.0 Å². The first-order valence-electron chi connectivity index (χ1n) is 8.07. The molecule has 0 saturated carbocycles. The van der Waals surface area contributed by atoms with Crippen LogP contribution in [0, 0.1) is 6.92 Å². The van der Waals surface area contributed by atoms with Crippen LogP contribution in [-0.4, -0.2) is 30.8 Å². The molecule has 0 radical (unpaired) electrons. The molecule has 2 atom stereocenters. The summed E-state index contributed by atoms with van der Waals surface area (Å²) < 4.78 is 35.2. The van der Waals surface area contributed by atoms with Gasteiger partial charge in [0.15, 0.2) is 0 Å². The standard InChI is InChI=1S/C17H23N3O3S/c1-13-4-3-5-14(8-13)12-24(21,22)19-16-6-7-23-17(9-16)15-10-18-20(2)11-15/h3-5,8,10-11,16-17,19H,6-7,9,12H2,1-2H3. The molecule has 1 fully saturated rings. The van der Waals surface area contributed by atoms with Crippen molar-refractivity contribution in [3.63, 3.8) is 0 Å². The lowest BCUT2D eigenvalue weighted by molar-refractivity contribution is 0.00400. The molecule has 2 heterocycles. The first-order valence-corrected chi connectivity index (χ1v) is 9.72. The maximum atomic E-state index is 12.5. The number of ether oxygens (including phenoxy) is 1. The second kappa shape index (κ2) is 7.04. The molecule has 1 saturated heterocycles. The number of hydrogen-bond donors (Lipinski definition) is 1. The molecular formula is C17H23N3O3S. The fourth-order valence-electron chi connectivity index (χ4n) is 3.06. The Morgan fingerprint density at radius 2 is 2.25 bits per heavy atom. The largest absolute Gasteiger partial charge is 0.373 e.